The second-order valence-electron chi connectivity index (χ2n) is 7.77. The third kappa shape index (κ3) is 5.66. The monoisotopic (exact) mass is 459 g/mol. The second kappa shape index (κ2) is 9.56. The fraction of sp³-hybridized carbons (Fsp3) is 0.318. The van der Waals surface area contributed by atoms with E-state index >= 15 is 0 Å². The summed E-state index contributed by atoms with van der Waals surface area (Å²) in [5, 5.41) is 19.0. The lowest BCUT2D eigenvalue weighted by atomic mass is 10.1. The van der Waals surface area contributed by atoms with Gasteiger partial charge in [-0.15, -0.1) is 0 Å². The number of hydrogen-bond donors (Lipinski definition) is 2. The van der Waals surface area contributed by atoms with Crippen LogP contribution in [0.2, 0.25) is 0 Å². The third-order valence-corrected chi connectivity index (χ3v) is 5.40. The summed E-state index contributed by atoms with van der Waals surface area (Å²) in [6, 6.07) is 10.6. The Kier molecular flexibility index (Phi) is 6.57. The van der Waals surface area contributed by atoms with Crippen molar-refractivity contribution in [2.75, 3.05) is 31.5 Å². The highest BCUT2D eigenvalue weighted by molar-refractivity contribution is 5.54. The maximum absolute atomic E-state index is 14.3. The summed E-state index contributed by atoms with van der Waals surface area (Å²) < 4.78 is 53.2. The van der Waals surface area contributed by atoms with Gasteiger partial charge in [-0.05, 0) is 18.2 Å². The zero-order chi connectivity index (χ0) is 23.4. The lowest BCUT2D eigenvalue weighted by Gasteiger charge is -2.34. The van der Waals surface area contributed by atoms with Crippen LogP contribution in [0.25, 0.3) is 0 Å². The minimum absolute atomic E-state index is 0.0381. The van der Waals surface area contributed by atoms with E-state index in [0.29, 0.717) is 55.6 Å². The van der Waals surface area contributed by atoms with Crippen LogP contribution >= 0.6 is 0 Å². The van der Waals surface area contributed by atoms with Crippen LogP contribution in [0.15, 0.2) is 42.6 Å². The van der Waals surface area contributed by atoms with Crippen molar-refractivity contribution in [1.82, 2.24) is 25.0 Å². The lowest BCUT2D eigenvalue weighted by molar-refractivity contribution is -0.140. The van der Waals surface area contributed by atoms with Crippen molar-refractivity contribution in [3.63, 3.8) is 0 Å². The molecule has 0 spiro atoms. The Labute approximate surface area is 187 Å². The molecule has 33 heavy (non-hydrogen) atoms. The summed E-state index contributed by atoms with van der Waals surface area (Å²) in [5.74, 6) is -0.0341. The molecule has 0 aliphatic carbocycles. The fourth-order valence-corrected chi connectivity index (χ4v) is 3.76. The first-order valence-corrected chi connectivity index (χ1v) is 10.3. The average molecular weight is 459 g/mol. The molecule has 2 aromatic heterocycles. The molecule has 11 heteroatoms. The number of nitrogens with zero attached hydrogens (tertiary/aromatic N) is 5. The number of benzene rings is 1. The van der Waals surface area contributed by atoms with E-state index in [-0.39, 0.29) is 12.1 Å². The molecule has 1 aromatic carbocycles. The van der Waals surface area contributed by atoms with Gasteiger partial charge in [0.2, 0.25) is 0 Å². The van der Waals surface area contributed by atoms with E-state index in [1.54, 1.807) is 24.4 Å². The number of piperazine rings is 1. The number of nitriles is 1. The smallest absolute Gasteiger partial charge is 0.325 e. The molecular weight excluding hydrogens is 438 g/mol. The number of pyridine rings is 1. The Morgan fingerprint density at radius 1 is 1.06 bits per heavy atom. The summed E-state index contributed by atoms with van der Waals surface area (Å²) in [4.78, 5) is 8.63. The van der Waals surface area contributed by atoms with Gasteiger partial charge in [-0.25, -0.2) is 9.37 Å². The first kappa shape index (κ1) is 22.7. The van der Waals surface area contributed by atoms with Gasteiger partial charge in [0.25, 0.3) is 0 Å². The van der Waals surface area contributed by atoms with Crippen molar-refractivity contribution in [2.45, 2.75) is 19.3 Å². The Morgan fingerprint density at radius 2 is 1.79 bits per heavy atom. The molecule has 1 fully saturated rings. The fourth-order valence-electron chi connectivity index (χ4n) is 3.76. The topological polar surface area (TPSA) is 83.9 Å². The third-order valence-electron chi connectivity index (χ3n) is 5.40. The van der Waals surface area contributed by atoms with Crippen LogP contribution in [-0.4, -0.2) is 51.2 Å². The Hall–Kier alpha value is -3.49. The molecule has 4 rings (SSSR count). The second-order valence-corrected chi connectivity index (χ2v) is 7.77. The summed E-state index contributed by atoms with van der Waals surface area (Å²) in [6.45, 7) is 3.06. The van der Waals surface area contributed by atoms with Crippen molar-refractivity contribution in [3.8, 4) is 6.07 Å². The number of H-pyrrole nitrogens is 1. The van der Waals surface area contributed by atoms with E-state index in [4.69, 9.17) is 0 Å². The molecule has 0 bridgehead atoms. The number of rotatable bonds is 6. The molecule has 1 saturated heterocycles. The molecule has 0 radical (unpaired) electrons. The highest BCUT2D eigenvalue weighted by atomic mass is 19.4. The molecule has 2 N–H and O–H groups in total. The summed E-state index contributed by atoms with van der Waals surface area (Å²) in [6.07, 6.45) is -3.11. The van der Waals surface area contributed by atoms with Crippen LogP contribution in [0.5, 0.6) is 0 Å². The zero-order valence-corrected chi connectivity index (χ0v) is 17.5. The van der Waals surface area contributed by atoms with E-state index in [9.17, 15) is 22.8 Å². The summed E-state index contributed by atoms with van der Waals surface area (Å²) in [7, 11) is 0. The van der Waals surface area contributed by atoms with Gasteiger partial charge in [-0.1, -0.05) is 12.1 Å². The quantitative estimate of drug-likeness (QED) is 0.544. The Balaban J connectivity index is 1.37. The molecule has 0 amide bonds. The molecule has 1 aliphatic heterocycles. The highest BCUT2D eigenvalue weighted by Gasteiger charge is 2.35. The minimum atomic E-state index is -4.71. The number of halogens is 4. The van der Waals surface area contributed by atoms with Crippen molar-refractivity contribution < 1.29 is 17.6 Å². The van der Waals surface area contributed by atoms with Gasteiger partial charge in [0.05, 0.1) is 29.1 Å². The Morgan fingerprint density at radius 3 is 2.42 bits per heavy atom. The molecule has 3 heterocycles. The van der Waals surface area contributed by atoms with Crippen LogP contribution in [0, 0.1) is 17.1 Å². The van der Waals surface area contributed by atoms with Crippen molar-refractivity contribution in [2.24, 2.45) is 0 Å². The molecule has 172 valence electrons. The van der Waals surface area contributed by atoms with Crippen LogP contribution in [0.4, 0.5) is 29.2 Å². The molecule has 0 saturated carbocycles. The largest absolute Gasteiger partial charge is 0.419 e. The number of aromatic amines is 1. The minimum Gasteiger partial charge on any atom is -0.325 e. The van der Waals surface area contributed by atoms with Crippen LogP contribution < -0.4 is 5.32 Å². The van der Waals surface area contributed by atoms with E-state index < -0.39 is 17.6 Å². The van der Waals surface area contributed by atoms with Gasteiger partial charge in [-0.2, -0.15) is 23.5 Å². The van der Waals surface area contributed by atoms with E-state index in [2.05, 4.69) is 31.5 Å². The van der Waals surface area contributed by atoms with Gasteiger partial charge in [0.15, 0.2) is 0 Å². The first-order valence-electron chi connectivity index (χ1n) is 10.3. The van der Waals surface area contributed by atoms with Crippen LogP contribution in [-0.2, 0) is 19.3 Å². The predicted octanol–water partition coefficient (Wildman–Crippen LogP) is 3.90. The molecule has 0 atom stereocenters. The lowest BCUT2D eigenvalue weighted by Crippen LogP contribution is -2.45. The van der Waals surface area contributed by atoms with Gasteiger partial charge < -0.3 is 5.32 Å². The summed E-state index contributed by atoms with van der Waals surface area (Å²) in [5.41, 5.74) is -0.00748. The predicted molar refractivity (Wildman–Crippen MR) is 113 cm³/mol. The molecular formula is C22H21F4N7. The maximum Gasteiger partial charge on any atom is 0.419 e. The van der Waals surface area contributed by atoms with Crippen molar-refractivity contribution in [3.05, 3.63) is 70.8 Å². The van der Waals surface area contributed by atoms with Gasteiger partial charge >= 0.3 is 6.18 Å². The van der Waals surface area contributed by atoms with E-state index in [1.165, 1.54) is 12.1 Å². The maximum atomic E-state index is 14.3. The SMILES string of the molecule is N#Cc1cc(CN2CCN(Cc3cccc(C(F)(F)F)c3F)CC2)nc(Nc2ccn[nH]2)c1. The van der Waals surface area contributed by atoms with Crippen molar-refractivity contribution >= 4 is 11.6 Å². The molecule has 7 nitrogen and oxygen atoms in total. The zero-order valence-electron chi connectivity index (χ0n) is 17.5. The highest BCUT2D eigenvalue weighted by Crippen LogP contribution is 2.32. The number of alkyl halides is 3. The molecule has 1 aliphatic rings. The van der Waals surface area contributed by atoms with Crippen LogP contribution in [0.1, 0.15) is 22.4 Å². The van der Waals surface area contributed by atoms with Crippen LogP contribution in [0.3, 0.4) is 0 Å². The molecule has 3 aromatic rings. The number of anilines is 2. The molecule has 0 unspecified atom stereocenters. The standard InChI is InChI=1S/C22H21F4N7/c23-21-16(2-1-3-18(21)22(24,25)26)13-32-6-8-33(9-7-32)14-17-10-15(12-27)11-20(29-17)30-19-4-5-28-31-19/h1-5,10-11H,6-9,13-14H2,(H2,28,29,30,31). The van der Waals surface area contributed by atoms with E-state index in [0.717, 1.165) is 6.07 Å². The first-order chi connectivity index (χ1) is 15.8. The van der Waals surface area contributed by atoms with Gasteiger partial charge in [0, 0.05) is 50.9 Å². The average Bonchev–Trinajstić information content (AvgIpc) is 3.28. The summed E-state index contributed by atoms with van der Waals surface area (Å²) >= 11 is 0. The van der Waals surface area contributed by atoms with E-state index in [1.807, 2.05) is 4.90 Å². The number of hydrogen-bond acceptors (Lipinski definition) is 6. The number of nitrogens with one attached hydrogen (secondary N) is 2. The van der Waals surface area contributed by atoms with Crippen molar-refractivity contribution in [1.29, 1.82) is 5.26 Å². The van der Waals surface area contributed by atoms with Gasteiger partial charge in [-0.3, -0.25) is 14.9 Å². The normalized spacial score (nSPS) is 15.4. The van der Waals surface area contributed by atoms with Gasteiger partial charge in [0.1, 0.15) is 17.5 Å². The number of aromatic nitrogens is 3. The Bertz CT molecular complexity index is 1130.